The van der Waals surface area contributed by atoms with Crippen LogP contribution in [0, 0.1) is 0 Å². The predicted molar refractivity (Wildman–Crippen MR) is 143 cm³/mol. The lowest BCUT2D eigenvalue weighted by molar-refractivity contribution is 0.102. The van der Waals surface area contributed by atoms with E-state index in [4.69, 9.17) is 9.47 Å². The van der Waals surface area contributed by atoms with Crippen molar-refractivity contribution in [2.75, 3.05) is 45.8 Å². The van der Waals surface area contributed by atoms with Crippen molar-refractivity contribution in [2.24, 2.45) is 0 Å². The zero-order valence-corrected chi connectivity index (χ0v) is 22.9. The van der Waals surface area contributed by atoms with E-state index in [0.29, 0.717) is 10.7 Å². The molecule has 1 aromatic heterocycles. The molecule has 3 aromatic rings. The number of thiazole rings is 1. The Hall–Kier alpha value is -2.63. The molecule has 36 heavy (non-hydrogen) atoms. The number of hydrogen-bond acceptors (Lipinski definition) is 7. The van der Waals surface area contributed by atoms with Gasteiger partial charge in [0, 0.05) is 43.8 Å². The molecule has 0 spiro atoms. The van der Waals surface area contributed by atoms with E-state index in [1.807, 2.05) is 17.5 Å². The molecule has 1 amide bonds. The number of nitrogens with zero attached hydrogens (tertiary/aromatic N) is 2. The lowest BCUT2D eigenvalue weighted by Gasteiger charge is -2.21. The summed E-state index contributed by atoms with van der Waals surface area (Å²) in [5, 5.41) is 5.16. The van der Waals surface area contributed by atoms with E-state index < -0.39 is 10.0 Å². The topological polar surface area (TPSA) is 97.8 Å². The Labute approximate surface area is 217 Å². The van der Waals surface area contributed by atoms with Crippen LogP contribution in [0.3, 0.4) is 0 Å². The van der Waals surface area contributed by atoms with Crippen molar-refractivity contribution in [1.82, 2.24) is 9.29 Å². The van der Waals surface area contributed by atoms with E-state index in [-0.39, 0.29) is 42.5 Å². The first kappa shape index (κ1) is 27.9. The minimum absolute atomic E-state index is 0.0702. The highest BCUT2D eigenvalue weighted by Gasteiger charge is 2.24. The average Bonchev–Trinajstić information content (AvgIpc) is 3.32. The number of sulfonamides is 1. The largest absolute Gasteiger partial charge is 0.383 e. The van der Waals surface area contributed by atoms with Crippen molar-refractivity contribution >= 4 is 32.4 Å². The number of rotatable bonds is 11. The molecular weight excluding hydrogens is 498 g/mol. The van der Waals surface area contributed by atoms with Crippen LogP contribution in [-0.2, 0) is 24.9 Å². The summed E-state index contributed by atoms with van der Waals surface area (Å²) in [6.07, 6.45) is 0. The van der Waals surface area contributed by atoms with Crippen LogP contribution in [0.5, 0.6) is 0 Å². The van der Waals surface area contributed by atoms with E-state index in [1.54, 1.807) is 0 Å². The molecule has 0 aliphatic heterocycles. The van der Waals surface area contributed by atoms with E-state index in [2.05, 4.69) is 43.2 Å². The van der Waals surface area contributed by atoms with E-state index in [0.717, 1.165) is 11.3 Å². The normalized spacial score (nSPS) is 12.2. The number of benzene rings is 2. The molecule has 0 radical (unpaired) electrons. The summed E-state index contributed by atoms with van der Waals surface area (Å²) in [5.41, 5.74) is 3.40. The number of carbonyl (C=O) groups is 1. The van der Waals surface area contributed by atoms with Gasteiger partial charge < -0.3 is 9.47 Å². The molecule has 1 heterocycles. The van der Waals surface area contributed by atoms with Gasteiger partial charge in [0.25, 0.3) is 5.91 Å². The Balaban J connectivity index is 1.69. The second-order valence-corrected chi connectivity index (χ2v) is 12.0. The molecule has 8 nitrogen and oxygen atoms in total. The number of aromatic nitrogens is 1. The molecule has 1 N–H and O–H groups in total. The third kappa shape index (κ3) is 6.98. The lowest BCUT2D eigenvalue weighted by atomic mass is 9.86. The second kappa shape index (κ2) is 12.1. The molecule has 0 fully saturated rings. The lowest BCUT2D eigenvalue weighted by Crippen LogP contribution is -2.36. The van der Waals surface area contributed by atoms with Gasteiger partial charge in [-0.2, -0.15) is 4.31 Å². The monoisotopic (exact) mass is 531 g/mol. The van der Waals surface area contributed by atoms with Crippen LogP contribution in [0.25, 0.3) is 11.3 Å². The average molecular weight is 532 g/mol. The smallest absolute Gasteiger partial charge is 0.257 e. The summed E-state index contributed by atoms with van der Waals surface area (Å²) in [7, 11) is -0.722. The zero-order chi connectivity index (χ0) is 26.3. The Morgan fingerprint density at radius 1 is 0.972 bits per heavy atom. The number of hydrogen-bond donors (Lipinski definition) is 1. The van der Waals surface area contributed by atoms with Gasteiger partial charge in [-0.3, -0.25) is 10.1 Å². The number of amides is 1. The maximum absolute atomic E-state index is 13.0. The fourth-order valence-electron chi connectivity index (χ4n) is 3.44. The van der Waals surface area contributed by atoms with E-state index in [1.165, 1.54) is 59.7 Å². The fourth-order valence-corrected chi connectivity index (χ4v) is 5.56. The van der Waals surface area contributed by atoms with Gasteiger partial charge in [-0.25, -0.2) is 13.4 Å². The van der Waals surface area contributed by atoms with E-state index >= 15 is 0 Å². The molecular formula is C26H33N3O5S2. The molecule has 194 valence electrons. The third-order valence-electron chi connectivity index (χ3n) is 5.62. The molecule has 0 unspecified atom stereocenters. The predicted octanol–water partition coefficient (Wildman–Crippen LogP) is 4.64. The quantitative estimate of drug-likeness (QED) is 0.387. The zero-order valence-electron chi connectivity index (χ0n) is 21.3. The number of carbonyl (C=O) groups excluding carboxylic acids is 1. The van der Waals surface area contributed by atoms with Gasteiger partial charge >= 0.3 is 0 Å². The Kier molecular flexibility index (Phi) is 9.37. The van der Waals surface area contributed by atoms with Crippen molar-refractivity contribution in [3.63, 3.8) is 0 Å². The number of methoxy groups -OCH3 is 2. The first-order chi connectivity index (χ1) is 17.1. The van der Waals surface area contributed by atoms with Gasteiger partial charge in [0.1, 0.15) is 0 Å². The van der Waals surface area contributed by atoms with Crippen LogP contribution in [0.4, 0.5) is 5.13 Å². The Bertz CT molecular complexity index is 1240. The highest BCUT2D eigenvalue weighted by Crippen LogP contribution is 2.28. The molecule has 0 saturated heterocycles. The summed E-state index contributed by atoms with van der Waals surface area (Å²) in [6, 6.07) is 14.1. The Morgan fingerprint density at radius 2 is 1.56 bits per heavy atom. The first-order valence-electron chi connectivity index (χ1n) is 11.5. The SMILES string of the molecule is COCCN(CCOC)S(=O)(=O)c1ccc(C(=O)Nc2nc(-c3ccc(C(C)(C)C)cc3)cs2)cc1. The van der Waals surface area contributed by atoms with Gasteiger partial charge in [0.2, 0.25) is 10.0 Å². The summed E-state index contributed by atoms with van der Waals surface area (Å²) in [6.45, 7) is 7.43. The summed E-state index contributed by atoms with van der Waals surface area (Å²) in [4.78, 5) is 17.4. The van der Waals surface area contributed by atoms with Gasteiger partial charge in [-0.15, -0.1) is 11.3 Å². The van der Waals surface area contributed by atoms with Crippen LogP contribution < -0.4 is 5.32 Å². The summed E-state index contributed by atoms with van der Waals surface area (Å²) < 4.78 is 37.4. The maximum atomic E-state index is 13.0. The summed E-state index contributed by atoms with van der Waals surface area (Å²) >= 11 is 1.33. The van der Waals surface area contributed by atoms with Gasteiger partial charge in [0.05, 0.1) is 23.8 Å². The third-order valence-corrected chi connectivity index (χ3v) is 8.29. The first-order valence-corrected chi connectivity index (χ1v) is 13.8. The van der Waals surface area contributed by atoms with Crippen LogP contribution in [0.2, 0.25) is 0 Å². The number of ether oxygens (including phenoxy) is 2. The van der Waals surface area contributed by atoms with Crippen LogP contribution in [0.1, 0.15) is 36.7 Å². The number of nitrogens with one attached hydrogen (secondary N) is 1. The molecule has 0 saturated carbocycles. The second-order valence-electron chi connectivity index (χ2n) is 9.23. The maximum Gasteiger partial charge on any atom is 0.257 e. The van der Waals surface area contributed by atoms with Gasteiger partial charge in [-0.05, 0) is 35.2 Å². The Morgan fingerprint density at radius 3 is 2.08 bits per heavy atom. The fraction of sp³-hybridized carbons (Fsp3) is 0.385. The van der Waals surface area contributed by atoms with Crippen molar-refractivity contribution < 1.29 is 22.7 Å². The summed E-state index contributed by atoms with van der Waals surface area (Å²) in [5.74, 6) is -0.362. The molecule has 0 aliphatic rings. The number of anilines is 1. The van der Waals surface area contributed by atoms with E-state index in [9.17, 15) is 13.2 Å². The van der Waals surface area contributed by atoms with Crippen molar-refractivity contribution in [3.8, 4) is 11.3 Å². The standard InChI is InChI=1S/C26H33N3O5S2/c1-26(2,3)21-10-6-19(7-11-21)23-18-35-25(27-23)28-24(30)20-8-12-22(13-9-20)36(31,32)29(14-16-33-4)15-17-34-5/h6-13,18H,14-17H2,1-5H3,(H,27,28,30). The van der Waals surface area contributed by atoms with Crippen molar-refractivity contribution in [2.45, 2.75) is 31.1 Å². The van der Waals surface area contributed by atoms with Crippen LogP contribution in [-0.4, -0.2) is 64.1 Å². The molecule has 10 heteroatoms. The van der Waals surface area contributed by atoms with Gasteiger partial charge in [0.15, 0.2) is 5.13 Å². The molecule has 2 aromatic carbocycles. The van der Waals surface area contributed by atoms with Crippen LogP contribution >= 0.6 is 11.3 Å². The minimum atomic E-state index is -3.76. The van der Waals surface area contributed by atoms with Crippen molar-refractivity contribution in [1.29, 1.82) is 0 Å². The molecule has 0 bridgehead atoms. The highest BCUT2D eigenvalue weighted by atomic mass is 32.2. The van der Waals surface area contributed by atoms with Gasteiger partial charge in [-0.1, -0.05) is 45.0 Å². The minimum Gasteiger partial charge on any atom is -0.383 e. The van der Waals surface area contributed by atoms with Crippen LogP contribution in [0.15, 0.2) is 58.8 Å². The highest BCUT2D eigenvalue weighted by molar-refractivity contribution is 7.89. The van der Waals surface area contributed by atoms with Crippen molar-refractivity contribution in [3.05, 3.63) is 65.0 Å². The molecule has 0 atom stereocenters. The molecule has 3 rings (SSSR count). The molecule has 0 aliphatic carbocycles.